The number of likely N-dealkylation sites (tertiary alicyclic amines) is 1. The first-order chi connectivity index (χ1) is 10.6. The van der Waals surface area contributed by atoms with Crippen LogP contribution in [0.5, 0.6) is 5.75 Å². The Morgan fingerprint density at radius 2 is 2.14 bits per heavy atom. The minimum absolute atomic E-state index is 0.0000742. The Bertz CT molecular complexity index is 586. The fourth-order valence-corrected chi connectivity index (χ4v) is 3.37. The molecule has 1 saturated heterocycles. The summed E-state index contributed by atoms with van der Waals surface area (Å²) in [6.07, 6.45) is 3.14. The molecule has 1 amide bonds. The summed E-state index contributed by atoms with van der Waals surface area (Å²) in [5.41, 5.74) is 1.10. The van der Waals surface area contributed by atoms with E-state index in [9.17, 15) is 14.7 Å². The lowest BCUT2D eigenvalue weighted by Crippen LogP contribution is -2.48. The van der Waals surface area contributed by atoms with Crippen LogP contribution in [0.3, 0.4) is 0 Å². The Balaban J connectivity index is 1.70. The number of hydrogen-bond acceptors (Lipinski definition) is 3. The van der Waals surface area contributed by atoms with Crippen LogP contribution in [0.2, 0.25) is 0 Å². The van der Waals surface area contributed by atoms with Crippen molar-refractivity contribution in [3.63, 3.8) is 0 Å². The third kappa shape index (κ3) is 2.80. The third-order valence-electron chi connectivity index (χ3n) is 4.70. The van der Waals surface area contributed by atoms with Crippen molar-refractivity contribution in [2.45, 2.75) is 37.6 Å². The van der Waals surface area contributed by atoms with Crippen molar-refractivity contribution in [2.75, 3.05) is 13.7 Å². The van der Waals surface area contributed by atoms with E-state index in [1.54, 1.807) is 12.0 Å². The molecule has 1 aliphatic heterocycles. The maximum atomic E-state index is 12.6. The first kappa shape index (κ1) is 14.9. The van der Waals surface area contributed by atoms with Gasteiger partial charge in [-0.2, -0.15) is 0 Å². The molecule has 1 N–H and O–H groups in total. The summed E-state index contributed by atoms with van der Waals surface area (Å²) in [5.74, 6) is 0.0227. The number of carbonyl (C=O) groups is 2. The van der Waals surface area contributed by atoms with Crippen LogP contribution in [-0.2, 0) is 9.59 Å². The summed E-state index contributed by atoms with van der Waals surface area (Å²) in [5, 5.41) is 9.30. The molecule has 0 spiro atoms. The van der Waals surface area contributed by atoms with Crippen LogP contribution in [0, 0.1) is 5.92 Å². The van der Waals surface area contributed by atoms with E-state index in [1.165, 1.54) is 0 Å². The number of benzene rings is 1. The van der Waals surface area contributed by atoms with Gasteiger partial charge in [0.25, 0.3) is 0 Å². The number of piperidine rings is 1. The summed E-state index contributed by atoms with van der Waals surface area (Å²) >= 11 is 0. The summed E-state index contributed by atoms with van der Waals surface area (Å²) in [7, 11) is 1.62. The van der Waals surface area contributed by atoms with Crippen LogP contribution in [0.25, 0.3) is 0 Å². The lowest BCUT2D eigenvalue weighted by molar-refractivity contribution is -0.152. The Kier molecular flexibility index (Phi) is 4.05. The first-order valence-corrected chi connectivity index (χ1v) is 7.79. The molecular formula is C17H21NO4. The number of amides is 1. The van der Waals surface area contributed by atoms with Crippen LogP contribution < -0.4 is 4.74 Å². The number of nitrogens with zero attached hydrogens (tertiary/aromatic N) is 1. The van der Waals surface area contributed by atoms with Gasteiger partial charge >= 0.3 is 5.97 Å². The van der Waals surface area contributed by atoms with Crippen LogP contribution in [0.4, 0.5) is 0 Å². The number of carboxylic acid groups (broad SMARTS) is 1. The van der Waals surface area contributed by atoms with Gasteiger partial charge in [0.1, 0.15) is 11.8 Å². The lowest BCUT2D eigenvalue weighted by atomic mass is 10.0. The highest BCUT2D eigenvalue weighted by atomic mass is 16.5. The van der Waals surface area contributed by atoms with Crippen LogP contribution in [-0.4, -0.2) is 41.6 Å². The van der Waals surface area contributed by atoms with E-state index in [-0.39, 0.29) is 17.7 Å². The Labute approximate surface area is 129 Å². The van der Waals surface area contributed by atoms with Gasteiger partial charge in [-0.25, -0.2) is 4.79 Å². The fourth-order valence-electron chi connectivity index (χ4n) is 3.37. The summed E-state index contributed by atoms with van der Waals surface area (Å²) < 4.78 is 5.22. The molecule has 1 saturated carbocycles. The molecule has 5 nitrogen and oxygen atoms in total. The molecule has 5 heteroatoms. The molecule has 3 rings (SSSR count). The first-order valence-electron chi connectivity index (χ1n) is 7.79. The molecular weight excluding hydrogens is 282 g/mol. The van der Waals surface area contributed by atoms with Crippen molar-refractivity contribution >= 4 is 11.9 Å². The zero-order chi connectivity index (χ0) is 15.7. The number of carboxylic acids is 1. The molecule has 0 unspecified atom stereocenters. The topological polar surface area (TPSA) is 66.8 Å². The minimum Gasteiger partial charge on any atom is -0.497 e. The molecule has 0 aromatic heterocycles. The second kappa shape index (κ2) is 5.99. The van der Waals surface area contributed by atoms with Gasteiger partial charge in [-0.1, -0.05) is 12.1 Å². The number of aliphatic carboxylic acids is 1. The van der Waals surface area contributed by atoms with Crippen molar-refractivity contribution in [1.29, 1.82) is 0 Å². The third-order valence-corrected chi connectivity index (χ3v) is 4.70. The highest BCUT2D eigenvalue weighted by Gasteiger charge is 2.48. The van der Waals surface area contributed by atoms with E-state index >= 15 is 0 Å². The summed E-state index contributed by atoms with van der Waals surface area (Å²) in [6, 6.07) is 7.13. The maximum Gasteiger partial charge on any atom is 0.326 e. The van der Waals surface area contributed by atoms with E-state index < -0.39 is 12.0 Å². The smallest absolute Gasteiger partial charge is 0.326 e. The largest absolute Gasteiger partial charge is 0.497 e. The van der Waals surface area contributed by atoms with Gasteiger partial charge in [-0.3, -0.25) is 4.79 Å². The zero-order valence-corrected chi connectivity index (χ0v) is 12.7. The van der Waals surface area contributed by atoms with Gasteiger partial charge < -0.3 is 14.7 Å². The molecule has 1 aromatic rings. The van der Waals surface area contributed by atoms with Gasteiger partial charge in [0.15, 0.2) is 0 Å². The van der Waals surface area contributed by atoms with E-state index in [0.717, 1.165) is 30.6 Å². The predicted molar refractivity (Wildman–Crippen MR) is 80.8 cm³/mol. The summed E-state index contributed by atoms with van der Waals surface area (Å²) in [4.78, 5) is 25.6. The fraction of sp³-hybridized carbons (Fsp3) is 0.529. The highest BCUT2D eigenvalue weighted by Crippen LogP contribution is 2.49. The number of methoxy groups -OCH3 is 1. The minimum atomic E-state index is -0.883. The van der Waals surface area contributed by atoms with Crippen molar-refractivity contribution in [3.05, 3.63) is 29.8 Å². The zero-order valence-electron chi connectivity index (χ0n) is 12.7. The van der Waals surface area contributed by atoms with E-state index in [4.69, 9.17) is 4.74 Å². The van der Waals surface area contributed by atoms with Crippen molar-refractivity contribution in [3.8, 4) is 5.75 Å². The van der Waals surface area contributed by atoms with E-state index in [2.05, 4.69) is 0 Å². The second-order valence-corrected chi connectivity index (χ2v) is 6.11. The normalized spacial score (nSPS) is 27.3. The van der Waals surface area contributed by atoms with Crippen molar-refractivity contribution in [2.24, 2.45) is 5.92 Å². The highest BCUT2D eigenvalue weighted by molar-refractivity contribution is 5.87. The van der Waals surface area contributed by atoms with Gasteiger partial charge in [0.05, 0.1) is 7.11 Å². The SMILES string of the molecule is COc1cccc([C@@H]2C[C@H]2C(=O)N2CCCC[C@@H]2C(=O)O)c1. The molecule has 1 heterocycles. The Morgan fingerprint density at radius 1 is 1.32 bits per heavy atom. The Morgan fingerprint density at radius 3 is 2.86 bits per heavy atom. The molecule has 0 radical (unpaired) electrons. The van der Waals surface area contributed by atoms with Gasteiger partial charge in [-0.05, 0) is 49.3 Å². The maximum absolute atomic E-state index is 12.6. The average molecular weight is 303 g/mol. The standard InChI is InChI=1S/C17H21NO4/c1-22-12-6-4-5-11(9-12)13-10-14(13)16(19)18-8-3-2-7-15(18)17(20)21/h4-6,9,13-15H,2-3,7-8,10H2,1H3,(H,20,21)/t13-,14+,15+/m0/s1. The molecule has 3 atom stereocenters. The molecule has 1 aromatic carbocycles. The summed E-state index contributed by atoms with van der Waals surface area (Å²) in [6.45, 7) is 0.567. The lowest BCUT2D eigenvalue weighted by Gasteiger charge is -2.33. The Hall–Kier alpha value is -2.04. The predicted octanol–water partition coefficient (Wildman–Crippen LogP) is 2.26. The van der Waals surface area contributed by atoms with Gasteiger partial charge in [0.2, 0.25) is 5.91 Å². The quantitative estimate of drug-likeness (QED) is 0.926. The number of rotatable bonds is 4. The van der Waals surface area contributed by atoms with Crippen molar-refractivity contribution in [1.82, 2.24) is 4.90 Å². The number of ether oxygens (including phenoxy) is 1. The van der Waals surface area contributed by atoms with E-state index in [1.807, 2.05) is 24.3 Å². The monoisotopic (exact) mass is 303 g/mol. The van der Waals surface area contributed by atoms with Crippen LogP contribution in [0.1, 0.15) is 37.2 Å². The molecule has 118 valence electrons. The average Bonchev–Trinajstić information content (AvgIpc) is 3.35. The van der Waals surface area contributed by atoms with Crippen LogP contribution in [0.15, 0.2) is 24.3 Å². The molecule has 1 aliphatic carbocycles. The van der Waals surface area contributed by atoms with E-state index in [0.29, 0.717) is 13.0 Å². The van der Waals surface area contributed by atoms with Crippen LogP contribution >= 0.6 is 0 Å². The molecule has 2 fully saturated rings. The number of carbonyl (C=O) groups excluding carboxylic acids is 1. The molecule has 0 bridgehead atoms. The number of hydrogen-bond donors (Lipinski definition) is 1. The van der Waals surface area contributed by atoms with Crippen molar-refractivity contribution < 1.29 is 19.4 Å². The second-order valence-electron chi connectivity index (χ2n) is 6.11. The van der Waals surface area contributed by atoms with Gasteiger partial charge in [-0.15, -0.1) is 0 Å². The van der Waals surface area contributed by atoms with Gasteiger partial charge in [0, 0.05) is 12.5 Å². The molecule has 2 aliphatic rings. The molecule has 22 heavy (non-hydrogen) atoms.